The topological polar surface area (TPSA) is 70.6 Å². The fourth-order valence-electron chi connectivity index (χ4n) is 1.81. The summed E-state index contributed by atoms with van der Waals surface area (Å²) < 4.78 is 38.1. The summed E-state index contributed by atoms with van der Waals surface area (Å²) in [5, 5.41) is 13.9. The fourth-order valence-corrected chi connectivity index (χ4v) is 1.81. The molecule has 0 aliphatic heterocycles. The Morgan fingerprint density at radius 3 is 2.32 bits per heavy atom. The van der Waals surface area contributed by atoms with Gasteiger partial charge in [0.05, 0.1) is 0 Å². The smallest absolute Gasteiger partial charge is 0.406 e. The van der Waals surface area contributed by atoms with E-state index >= 15 is 0 Å². The number of benzene rings is 1. The van der Waals surface area contributed by atoms with E-state index in [1.165, 1.54) is 0 Å². The van der Waals surface area contributed by atoms with Gasteiger partial charge in [0, 0.05) is 12.1 Å². The fraction of sp³-hybridized carbons (Fsp3) is 0.417. The molecule has 0 radical (unpaired) electrons. The summed E-state index contributed by atoms with van der Waals surface area (Å²) in [6, 6.07) is 6.48. The second kappa shape index (κ2) is 4.73. The molecule has 1 aliphatic carbocycles. The highest BCUT2D eigenvalue weighted by Gasteiger charge is 2.62. The molecule has 0 heterocycles. The van der Waals surface area contributed by atoms with Crippen LogP contribution in [0.25, 0.3) is 0 Å². The highest BCUT2D eigenvalue weighted by molar-refractivity contribution is 5.96. The molecule has 1 saturated carbocycles. The second-order valence-corrected chi connectivity index (χ2v) is 4.62. The molecule has 0 unspecified atom stereocenters. The van der Waals surface area contributed by atoms with E-state index in [4.69, 9.17) is 10.9 Å². The van der Waals surface area contributed by atoms with Crippen LogP contribution in [0, 0.1) is 0 Å². The molecule has 0 aromatic heterocycles. The van der Waals surface area contributed by atoms with Crippen molar-refractivity contribution < 1.29 is 18.4 Å². The van der Waals surface area contributed by atoms with Gasteiger partial charge in [-0.3, -0.25) is 5.32 Å². The van der Waals surface area contributed by atoms with Crippen LogP contribution in [0.5, 0.6) is 0 Å². The van der Waals surface area contributed by atoms with Gasteiger partial charge < -0.3 is 10.9 Å². The predicted octanol–water partition coefficient (Wildman–Crippen LogP) is 1.97. The highest BCUT2D eigenvalue weighted by Crippen LogP contribution is 2.49. The molecule has 1 aromatic rings. The third-order valence-corrected chi connectivity index (χ3v) is 3.28. The van der Waals surface area contributed by atoms with Crippen LogP contribution in [0.3, 0.4) is 0 Å². The van der Waals surface area contributed by atoms with Gasteiger partial charge in [-0.2, -0.15) is 13.2 Å². The van der Waals surface area contributed by atoms with E-state index in [-0.39, 0.29) is 25.2 Å². The van der Waals surface area contributed by atoms with E-state index in [0.717, 1.165) is 0 Å². The Morgan fingerprint density at radius 2 is 1.89 bits per heavy atom. The Labute approximate surface area is 108 Å². The van der Waals surface area contributed by atoms with Crippen molar-refractivity contribution in [2.75, 3.05) is 0 Å². The van der Waals surface area contributed by atoms with E-state index in [1.807, 2.05) is 0 Å². The highest BCUT2D eigenvalue weighted by atomic mass is 19.4. The third kappa shape index (κ3) is 2.81. The largest absolute Gasteiger partial charge is 0.409 e. The van der Waals surface area contributed by atoms with Crippen LogP contribution in [0.2, 0.25) is 0 Å². The minimum atomic E-state index is -4.21. The maximum Gasteiger partial charge on any atom is 0.406 e. The Balaban J connectivity index is 1.98. The molecule has 1 fully saturated rings. The summed E-state index contributed by atoms with van der Waals surface area (Å²) in [7, 11) is 0. The first-order chi connectivity index (χ1) is 8.88. The standard InChI is InChI=1S/C12H14F3N3O/c13-12(14,15)11(5-6-11)17-7-8-1-3-9(4-2-8)10(16)18-19/h1-4,17,19H,5-7H2,(H2,16,18). The monoisotopic (exact) mass is 273 g/mol. The van der Waals surface area contributed by atoms with Gasteiger partial charge in [-0.05, 0) is 18.4 Å². The van der Waals surface area contributed by atoms with Gasteiger partial charge in [0.15, 0.2) is 5.84 Å². The molecule has 0 bridgehead atoms. The van der Waals surface area contributed by atoms with Crippen molar-refractivity contribution in [3.05, 3.63) is 35.4 Å². The molecular formula is C12H14F3N3O. The number of hydrogen-bond acceptors (Lipinski definition) is 3. The van der Waals surface area contributed by atoms with E-state index in [1.54, 1.807) is 24.3 Å². The first-order valence-corrected chi connectivity index (χ1v) is 5.76. The van der Waals surface area contributed by atoms with Crippen LogP contribution in [0.15, 0.2) is 29.4 Å². The first kappa shape index (κ1) is 13.7. The molecule has 104 valence electrons. The quantitative estimate of drug-likeness (QED) is 0.340. The minimum absolute atomic E-state index is 0.0338. The van der Waals surface area contributed by atoms with Gasteiger partial charge in [0.25, 0.3) is 0 Å². The number of oxime groups is 1. The minimum Gasteiger partial charge on any atom is -0.409 e. The summed E-state index contributed by atoms with van der Waals surface area (Å²) in [5.74, 6) is -0.0338. The Kier molecular flexibility index (Phi) is 3.40. The number of amidine groups is 1. The van der Waals surface area contributed by atoms with Crippen LogP contribution >= 0.6 is 0 Å². The number of nitrogens with one attached hydrogen (secondary N) is 1. The van der Waals surface area contributed by atoms with Gasteiger partial charge in [0.1, 0.15) is 5.54 Å². The van der Waals surface area contributed by atoms with Gasteiger partial charge in [-0.15, -0.1) is 0 Å². The summed E-state index contributed by atoms with van der Waals surface area (Å²) in [4.78, 5) is 0. The Bertz CT molecular complexity index is 478. The lowest BCUT2D eigenvalue weighted by Gasteiger charge is -2.20. The molecule has 0 atom stereocenters. The molecule has 2 rings (SSSR count). The first-order valence-electron chi connectivity index (χ1n) is 5.76. The van der Waals surface area contributed by atoms with Crippen LogP contribution < -0.4 is 11.1 Å². The zero-order valence-corrected chi connectivity index (χ0v) is 10.0. The van der Waals surface area contributed by atoms with Crippen molar-refractivity contribution in [1.82, 2.24) is 5.32 Å². The van der Waals surface area contributed by atoms with Crippen LogP contribution in [-0.2, 0) is 6.54 Å². The molecule has 0 spiro atoms. The maximum absolute atomic E-state index is 12.7. The van der Waals surface area contributed by atoms with Gasteiger partial charge >= 0.3 is 6.18 Å². The molecule has 7 heteroatoms. The van der Waals surface area contributed by atoms with E-state index in [2.05, 4.69) is 10.5 Å². The number of hydrogen-bond donors (Lipinski definition) is 3. The van der Waals surface area contributed by atoms with Crippen molar-refractivity contribution in [2.24, 2.45) is 10.9 Å². The molecule has 19 heavy (non-hydrogen) atoms. The normalized spacial score (nSPS) is 18.4. The maximum atomic E-state index is 12.7. The number of alkyl halides is 3. The SMILES string of the molecule is N/C(=N/O)c1ccc(CNC2(C(F)(F)F)CC2)cc1. The molecule has 1 aromatic carbocycles. The lowest BCUT2D eigenvalue weighted by molar-refractivity contribution is -0.166. The average Bonchev–Trinajstić information content (AvgIpc) is 3.16. The van der Waals surface area contributed by atoms with Crippen molar-refractivity contribution in [2.45, 2.75) is 31.1 Å². The zero-order chi connectivity index (χ0) is 14.1. The van der Waals surface area contributed by atoms with Crippen molar-refractivity contribution in [3.8, 4) is 0 Å². The lowest BCUT2D eigenvalue weighted by atomic mass is 10.1. The number of halogens is 3. The lowest BCUT2D eigenvalue weighted by Crippen LogP contribution is -2.44. The van der Waals surface area contributed by atoms with Crippen LogP contribution in [0.4, 0.5) is 13.2 Å². The van der Waals surface area contributed by atoms with Crippen molar-refractivity contribution in [1.29, 1.82) is 0 Å². The van der Waals surface area contributed by atoms with E-state index < -0.39 is 11.7 Å². The van der Waals surface area contributed by atoms with Gasteiger partial charge in [0.2, 0.25) is 0 Å². The Morgan fingerprint density at radius 1 is 1.32 bits per heavy atom. The van der Waals surface area contributed by atoms with Crippen molar-refractivity contribution in [3.63, 3.8) is 0 Å². The molecule has 1 aliphatic rings. The molecule has 0 saturated heterocycles. The average molecular weight is 273 g/mol. The molecular weight excluding hydrogens is 259 g/mol. The van der Waals surface area contributed by atoms with Crippen LogP contribution in [0.1, 0.15) is 24.0 Å². The van der Waals surface area contributed by atoms with E-state index in [0.29, 0.717) is 11.1 Å². The summed E-state index contributed by atoms with van der Waals surface area (Å²) >= 11 is 0. The summed E-state index contributed by atoms with van der Waals surface area (Å²) in [6.07, 6.45) is -3.96. The predicted molar refractivity (Wildman–Crippen MR) is 63.8 cm³/mol. The summed E-state index contributed by atoms with van der Waals surface area (Å²) in [6.45, 7) is 0.135. The molecule has 4 N–H and O–H groups in total. The Hall–Kier alpha value is -1.76. The molecule has 0 amide bonds. The van der Waals surface area contributed by atoms with E-state index in [9.17, 15) is 13.2 Å². The number of nitrogens with zero attached hydrogens (tertiary/aromatic N) is 1. The van der Waals surface area contributed by atoms with Gasteiger partial charge in [-0.25, -0.2) is 0 Å². The number of rotatable bonds is 4. The third-order valence-electron chi connectivity index (χ3n) is 3.28. The van der Waals surface area contributed by atoms with Crippen LogP contribution in [-0.4, -0.2) is 22.8 Å². The molecule has 4 nitrogen and oxygen atoms in total. The summed E-state index contributed by atoms with van der Waals surface area (Å²) in [5.41, 5.74) is 4.91. The zero-order valence-electron chi connectivity index (χ0n) is 10.0. The van der Waals surface area contributed by atoms with Crippen molar-refractivity contribution >= 4 is 5.84 Å². The second-order valence-electron chi connectivity index (χ2n) is 4.62. The van der Waals surface area contributed by atoms with Gasteiger partial charge in [-0.1, -0.05) is 29.4 Å². The number of nitrogens with two attached hydrogens (primary N) is 1.